The number of aryl methyl sites for hydroxylation is 2. The molecular weight excluding hydrogens is 368 g/mol. The molecule has 0 radical (unpaired) electrons. The van der Waals surface area contributed by atoms with E-state index >= 15 is 0 Å². The second-order valence-electron chi connectivity index (χ2n) is 6.13. The summed E-state index contributed by atoms with van der Waals surface area (Å²) in [5.74, 6) is -0.288. The quantitative estimate of drug-likeness (QED) is 0.875. The summed E-state index contributed by atoms with van der Waals surface area (Å²) in [6.07, 6.45) is 0.613. The van der Waals surface area contributed by atoms with E-state index in [1.165, 1.54) is 0 Å². The number of hydrogen-bond donors (Lipinski definition) is 1. The van der Waals surface area contributed by atoms with Crippen molar-refractivity contribution in [3.8, 4) is 0 Å². The molecule has 3 rings (SSSR count). The molecule has 1 aliphatic rings. The molecule has 0 bridgehead atoms. The topological polar surface area (TPSA) is 49.4 Å². The fourth-order valence-electron chi connectivity index (χ4n) is 3.06. The van der Waals surface area contributed by atoms with Crippen LogP contribution in [0.25, 0.3) is 0 Å². The molecule has 1 aliphatic heterocycles. The van der Waals surface area contributed by atoms with Gasteiger partial charge in [0.25, 0.3) is 5.91 Å². The number of halogens is 1. The number of carbonyl (C=O) groups is 2. The van der Waals surface area contributed by atoms with Gasteiger partial charge in [-0.25, -0.2) is 0 Å². The lowest BCUT2D eigenvalue weighted by Crippen LogP contribution is -2.41. The Morgan fingerprint density at radius 1 is 1.17 bits per heavy atom. The summed E-state index contributed by atoms with van der Waals surface area (Å²) in [5.41, 5.74) is 3.68. The van der Waals surface area contributed by atoms with Crippen LogP contribution in [0.5, 0.6) is 0 Å². The summed E-state index contributed by atoms with van der Waals surface area (Å²) in [6.45, 7) is 4.65. The molecule has 1 fully saturated rings. The third-order valence-corrected chi connectivity index (χ3v) is 4.84. The summed E-state index contributed by atoms with van der Waals surface area (Å²) < 4.78 is 0.721. The van der Waals surface area contributed by atoms with Crippen molar-refractivity contribution in [1.29, 1.82) is 0 Å². The van der Waals surface area contributed by atoms with E-state index in [9.17, 15) is 9.59 Å². The molecule has 0 aliphatic carbocycles. The Morgan fingerprint density at radius 3 is 2.50 bits per heavy atom. The Bertz CT molecular complexity index is 783. The van der Waals surface area contributed by atoms with E-state index in [0.29, 0.717) is 18.5 Å². The van der Waals surface area contributed by atoms with Crippen molar-refractivity contribution in [1.82, 2.24) is 5.32 Å². The van der Waals surface area contributed by atoms with E-state index in [-0.39, 0.29) is 11.8 Å². The second kappa shape index (κ2) is 6.77. The molecule has 124 valence electrons. The van der Waals surface area contributed by atoms with Gasteiger partial charge in [0.1, 0.15) is 6.04 Å². The Balaban J connectivity index is 1.75. The fraction of sp³-hybridized carbons (Fsp3) is 0.263. The average Bonchev–Trinajstić information content (AvgIpc) is 2.87. The third kappa shape index (κ3) is 3.36. The van der Waals surface area contributed by atoms with Crippen molar-refractivity contribution in [2.24, 2.45) is 0 Å². The molecule has 2 aromatic carbocycles. The van der Waals surface area contributed by atoms with Crippen LogP contribution in [-0.4, -0.2) is 24.4 Å². The van der Waals surface area contributed by atoms with Crippen molar-refractivity contribution >= 4 is 33.4 Å². The fourth-order valence-corrected chi connectivity index (χ4v) is 3.52. The predicted octanol–water partition coefficient (Wildman–Crippen LogP) is 3.60. The van der Waals surface area contributed by atoms with Crippen LogP contribution < -0.4 is 10.2 Å². The Labute approximate surface area is 150 Å². The lowest BCUT2D eigenvalue weighted by Gasteiger charge is -2.18. The third-order valence-electron chi connectivity index (χ3n) is 4.15. The molecule has 24 heavy (non-hydrogen) atoms. The van der Waals surface area contributed by atoms with Crippen LogP contribution in [0.15, 0.2) is 46.9 Å². The first-order valence-electron chi connectivity index (χ1n) is 7.91. The Morgan fingerprint density at radius 2 is 1.83 bits per heavy atom. The maximum Gasteiger partial charge on any atom is 0.253 e. The highest BCUT2D eigenvalue weighted by molar-refractivity contribution is 9.10. The molecule has 0 saturated carbocycles. The molecular formula is C19H19BrN2O2. The van der Waals surface area contributed by atoms with Crippen LogP contribution in [0.3, 0.4) is 0 Å². The van der Waals surface area contributed by atoms with Crippen molar-refractivity contribution < 1.29 is 9.59 Å². The van der Waals surface area contributed by atoms with Gasteiger partial charge in [0.15, 0.2) is 0 Å². The van der Waals surface area contributed by atoms with Gasteiger partial charge in [0.2, 0.25) is 5.91 Å². The molecule has 1 atom stereocenters. The van der Waals surface area contributed by atoms with Gasteiger partial charge >= 0.3 is 0 Å². The number of nitrogens with one attached hydrogen (secondary N) is 1. The molecule has 4 nitrogen and oxygen atoms in total. The maximum atomic E-state index is 12.7. The number of anilines is 1. The Hall–Kier alpha value is -2.14. The van der Waals surface area contributed by atoms with Crippen LogP contribution in [0.1, 0.15) is 27.9 Å². The number of carbonyl (C=O) groups excluding carboxylic acids is 2. The monoisotopic (exact) mass is 386 g/mol. The molecule has 1 N–H and O–H groups in total. The number of benzene rings is 2. The minimum absolute atomic E-state index is 0.0552. The van der Waals surface area contributed by atoms with Crippen LogP contribution >= 0.6 is 15.9 Å². The zero-order valence-electron chi connectivity index (χ0n) is 13.7. The molecule has 0 aromatic heterocycles. The summed E-state index contributed by atoms with van der Waals surface area (Å²) in [4.78, 5) is 26.8. The molecule has 2 aromatic rings. The highest BCUT2D eigenvalue weighted by Gasteiger charge is 2.34. The summed E-state index contributed by atoms with van der Waals surface area (Å²) >= 11 is 3.37. The van der Waals surface area contributed by atoms with Crippen molar-refractivity contribution in [3.63, 3.8) is 0 Å². The molecule has 5 heteroatoms. The van der Waals surface area contributed by atoms with Crippen LogP contribution in [0, 0.1) is 13.8 Å². The zero-order chi connectivity index (χ0) is 17.3. The zero-order valence-corrected chi connectivity index (χ0v) is 15.3. The van der Waals surface area contributed by atoms with E-state index < -0.39 is 6.04 Å². The van der Waals surface area contributed by atoms with E-state index in [0.717, 1.165) is 21.3 Å². The van der Waals surface area contributed by atoms with Gasteiger partial charge in [-0.15, -0.1) is 0 Å². The highest BCUT2D eigenvalue weighted by Crippen LogP contribution is 2.24. The number of hydrogen-bond acceptors (Lipinski definition) is 2. The minimum Gasteiger partial charge on any atom is -0.340 e. The SMILES string of the molecule is Cc1cc(C)cc(N2CCC(NC(=O)c3ccccc3Br)C2=O)c1. The molecule has 2 amide bonds. The first-order valence-corrected chi connectivity index (χ1v) is 8.70. The first-order chi connectivity index (χ1) is 11.5. The van der Waals surface area contributed by atoms with E-state index in [1.54, 1.807) is 17.0 Å². The summed E-state index contributed by atoms with van der Waals surface area (Å²) in [5, 5.41) is 2.85. The van der Waals surface area contributed by atoms with Gasteiger partial charge in [0.05, 0.1) is 5.56 Å². The number of amides is 2. The van der Waals surface area contributed by atoms with E-state index in [2.05, 4.69) is 27.3 Å². The van der Waals surface area contributed by atoms with E-state index in [1.807, 2.05) is 38.1 Å². The van der Waals surface area contributed by atoms with Crippen LogP contribution in [0.4, 0.5) is 5.69 Å². The summed E-state index contributed by atoms with van der Waals surface area (Å²) in [7, 11) is 0. The first kappa shape index (κ1) is 16.7. The summed E-state index contributed by atoms with van der Waals surface area (Å²) in [6, 6.07) is 12.8. The van der Waals surface area contributed by atoms with Crippen molar-refractivity contribution in [2.45, 2.75) is 26.3 Å². The second-order valence-corrected chi connectivity index (χ2v) is 6.98. The Kier molecular flexibility index (Phi) is 4.71. The highest BCUT2D eigenvalue weighted by atomic mass is 79.9. The standard InChI is InChI=1S/C19H19BrN2O2/c1-12-9-13(2)11-14(10-12)22-8-7-17(19(22)24)21-18(23)15-5-3-4-6-16(15)20/h3-6,9-11,17H,7-8H2,1-2H3,(H,21,23). The largest absolute Gasteiger partial charge is 0.340 e. The van der Waals surface area contributed by atoms with Crippen molar-refractivity contribution in [3.05, 3.63) is 63.6 Å². The van der Waals surface area contributed by atoms with Crippen molar-refractivity contribution in [2.75, 3.05) is 11.4 Å². The van der Waals surface area contributed by atoms with E-state index in [4.69, 9.17) is 0 Å². The molecule has 1 saturated heterocycles. The molecule has 0 spiro atoms. The number of nitrogens with zero attached hydrogens (tertiary/aromatic N) is 1. The predicted molar refractivity (Wildman–Crippen MR) is 98.3 cm³/mol. The molecule has 1 unspecified atom stereocenters. The number of rotatable bonds is 3. The van der Waals surface area contributed by atoms with Gasteiger partial charge in [-0.05, 0) is 71.6 Å². The lowest BCUT2D eigenvalue weighted by molar-refractivity contribution is -0.118. The maximum absolute atomic E-state index is 12.7. The average molecular weight is 387 g/mol. The van der Waals surface area contributed by atoms with Gasteiger partial charge in [-0.1, -0.05) is 18.2 Å². The van der Waals surface area contributed by atoms with Gasteiger partial charge < -0.3 is 10.2 Å². The van der Waals surface area contributed by atoms with Gasteiger partial charge in [0, 0.05) is 16.7 Å². The normalized spacial score (nSPS) is 17.2. The molecule has 1 heterocycles. The minimum atomic E-state index is -0.481. The van der Waals surface area contributed by atoms with Crippen LogP contribution in [0.2, 0.25) is 0 Å². The van der Waals surface area contributed by atoms with Crippen LogP contribution in [-0.2, 0) is 4.79 Å². The lowest BCUT2D eigenvalue weighted by atomic mass is 10.1. The smallest absolute Gasteiger partial charge is 0.253 e. The van der Waals surface area contributed by atoms with Gasteiger partial charge in [-0.2, -0.15) is 0 Å². The van der Waals surface area contributed by atoms with Gasteiger partial charge in [-0.3, -0.25) is 9.59 Å².